The minimum absolute atomic E-state index is 0.554. The summed E-state index contributed by atoms with van der Waals surface area (Å²) in [5.74, 6) is 2.29. The summed E-state index contributed by atoms with van der Waals surface area (Å²) in [6.45, 7) is 7.09. The van der Waals surface area contributed by atoms with Gasteiger partial charge in [0.05, 0.1) is 0 Å². The molecule has 0 aromatic heterocycles. The Morgan fingerprint density at radius 2 is 2.11 bits per heavy atom. The first-order chi connectivity index (χ1) is 4.13. The van der Waals surface area contributed by atoms with E-state index in [-0.39, 0.29) is 0 Å². The molecule has 1 rings (SSSR count). The second-order valence-electron chi connectivity index (χ2n) is 3.50. The monoisotopic (exact) mass is 144 g/mol. The Bertz CT molecular complexity index is 96.7. The molecule has 0 aliphatic carbocycles. The summed E-state index contributed by atoms with van der Waals surface area (Å²) in [5.41, 5.74) is 0. The van der Waals surface area contributed by atoms with Crippen molar-refractivity contribution in [2.45, 2.75) is 38.4 Å². The summed E-state index contributed by atoms with van der Waals surface area (Å²) >= 11 is 2.13. The van der Waals surface area contributed by atoms with Gasteiger partial charge in [0.2, 0.25) is 0 Å². The molecule has 0 radical (unpaired) electrons. The van der Waals surface area contributed by atoms with E-state index in [1.807, 2.05) is 0 Å². The molecule has 0 amide bonds. The van der Waals surface area contributed by atoms with Crippen molar-refractivity contribution in [2.24, 2.45) is 5.92 Å². The van der Waals surface area contributed by atoms with E-state index in [0.717, 1.165) is 5.92 Å². The second-order valence-corrected chi connectivity index (χ2v) is 5.24. The molecule has 1 atom stereocenters. The lowest BCUT2D eigenvalue weighted by Gasteiger charge is -2.35. The molecule has 1 unspecified atom stereocenters. The molecule has 0 aromatic rings. The van der Waals surface area contributed by atoms with E-state index in [2.05, 4.69) is 32.5 Å². The molecule has 1 saturated heterocycles. The lowest BCUT2D eigenvalue weighted by molar-refractivity contribution is 0.412. The van der Waals surface area contributed by atoms with Crippen LogP contribution in [0.3, 0.4) is 0 Å². The SMILES string of the molecule is CC1CCCSC1(C)C. The van der Waals surface area contributed by atoms with Gasteiger partial charge in [0.15, 0.2) is 0 Å². The van der Waals surface area contributed by atoms with Gasteiger partial charge < -0.3 is 0 Å². The van der Waals surface area contributed by atoms with Crippen LogP contribution >= 0.6 is 11.8 Å². The molecular weight excluding hydrogens is 128 g/mol. The molecule has 0 N–H and O–H groups in total. The van der Waals surface area contributed by atoms with Crippen LogP contribution in [0.1, 0.15) is 33.6 Å². The van der Waals surface area contributed by atoms with Gasteiger partial charge in [-0.3, -0.25) is 0 Å². The Morgan fingerprint density at radius 3 is 2.44 bits per heavy atom. The molecule has 0 saturated carbocycles. The van der Waals surface area contributed by atoms with E-state index in [0.29, 0.717) is 4.75 Å². The molecule has 1 aliphatic rings. The predicted molar refractivity (Wildman–Crippen MR) is 44.9 cm³/mol. The van der Waals surface area contributed by atoms with Crippen LogP contribution in [0.4, 0.5) is 0 Å². The van der Waals surface area contributed by atoms with Crippen LogP contribution in [0.15, 0.2) is 0 Å². The minimum atomic E-state index is 0.554. The molecule has 9 heavy (non-hydrogen) atoms. The van der Waals surface area contributed by atoms with Crippen molar-refractivity contribution in [3.8, 4) is 0 Å². The fourth-order valence-electron chi connectivity index (χ4n) is 1.21. The minimum Gasteiger partial charge on any atom is -0.155 e. The topological polar surface area (TPSA) is 0 Å². The zero-order valence-electron chi connectivity index (χ0n) is 6.61. The van der Waals surface area contributed by atoms with Gasteiger partial charge in [-0.2, -0.15) is 11.8 Å². The Labute approximate surface area is 62.4 Å². The van der Waals surface area contributed by atoms with Crippen molar-refractivity contribution in [2.75, 3.05) is 5.75 Å². The maximum absolute atomic E-state index is 2.37. The van der Waals surface area contributed by atoms with Crippen LogP contribution in [-0.2, 0) is 0 Å². The molecule has 0 nitrogen and oxygen atoms in total. The Morgan fingerprint density at radius 1 is 1.44 bits per heavy atom. The zero-order chi connectivity index (χ0) is 6.91. The van der Waals surface area contributed by atoms with Gasteiger partial charge in [-0.1, -0.05) is 20.8 Å². The van der Waals surface area contributed by atoms with Crippen molar-refractivity contribution in [3.63, 3.8) is 0 Å². The lowest BCUT2D eigenvalue weighted by Crippen LogP contribution is -2.29. The second kappa shape index (κ2) is 2.53. The number of rotatable bonds is 0. The van der Waals surface area contributed by atoms with E-state index >= 15 is 0 Å². The van der Waals surface area contributed by atoms with Gasteiger partial charge in [-0.05, 0) is 24.5 Å². The van der Waals surface area contributed by atoms with E-state index in [4.69, 9.17) is 0 Å². The van der Waals surface area contributed by atoms with Gasteiger partial charge in [-0.15, -0.1) is 0 Å². The molecule has 1 fully saturated rings. The maximum atomic E-state index is 2.37. The van der Waals surface area contributed by atoms with E-state index in [9.17, 15) is 0 Å². The highest BCUT2D eigenvalue weighted by molar-refractivity contribution is 8.00. The average Bonchev–Trinajstić information content (AvgIpc) is 1.77. The molecule has 0 bridgehead atoms. The molecule has 0 spiro atoms. The van der Waals surface area contributed by atoms with Gasteiger partial charge in [0.25, 0.3) is 0 Å². The largest absolute Gasteiger partial charge is 0.155 e. The van der Waals surface area contributed by atoms with Gasteiger partial charge in [0.1, 0.15) is 0 Å². The third-order valence-corrected chi connectivity index (χ3v) is 4.08. The Kier molecular flexibility index (Phi) is 2.10. The van der Waals surface area contributed by atoms with E-state index in [1.54, 1.807) is 0 Å². The van der Waals surface area contributed by atoms with Crippen molar-refractivity contribution in [1.29, 1.82) is 0 Å². The fourth-order valence-corrected chi connectivity index (χ4v) is 2.45. The highest BCUT2D eigenvalue weighted by Gasteiger charge is 2.28. The van der Waals surface area contributed by atoms with Crippen LogP contribution in [0.2, 0.25) is 0 Å². The third-order valence-electron chi connectivity index (χ3n) is 2.44. The summed E-state index contributed by atoms with van der Waals surface area (Å²) < 4.78 is 0.554. The van der Waals surface area contributed by atoms with Crippen LogP contribution in [-0.4, -0.2) is 10.5 Å². The molecule has 54 valence electrons. The zero-order valence-corrected chi connectivity index (χ0v) is 7.42. The normalized spacial score (nSPS) is 34.3. The molecule has 0 aromatic carbocycles. The van der Waals surface area contributed by atoms with Crippen molar-refractivity contribution < 1.29 is 0 Å². The number of thioether (sulfide) groups is 1. The molecule has 1 heteroatoms. The van der Waals surface area contributed by atoms with E-state index < -0.39 is 0 Å². The van der Waals surface area contributed by atoms with Gasteiger partial charge >= 0.3 is 0 Å². The number of hydrogen-bond acceptors (Lipinski definition) is 1. The summed E-state index contributed by atoms with van der Waals surface area (Å²) in [6.07, 6.45) is 2.86. The van der Waals surface area contributed by atoms with Crippen LogP contribution in [0.5, 0.6) is 0 Å². The van der Waals surface area contributed by atoms with Crippen LogP contribution < -0.4 is 0 Å². The molecule has 1 heterocycles. The first kappa shape index (κ1) is 7.46. The molecule has 1 aliphatic heterocycles. The van der Waals surface area contributed by atoms with Gasteiger partial charge in [-0.25, -0.2) is 0 Å². The lowest BCUT2D eigenvalue weighted by atomic mass is 9.92. The number of hydrogen-bond donors (Lipinski definition) is 0. The maximum Gasteiger partial charge on any atom is 0.0129 e. The highest BCUT2D eigenvalue weighted by Crippen LogP contribution is 2.39. The smallest absolute Gasteiger partial charge is 0.0129 e. The first-order valence-electron chi connectivity index (χ1n) is 3.77. The fraction of sp³-hybridized carbons (Fsp3) is 1.00. The Balaban J connectivity index is 2.49. The summed E-state index contributed by atoms with van der Waals surface area (Å²) in [5, 5.41) is 0. The average molecular weight is 144 g/mol. The van der Waals surface area contributed by atoms with Crippen LogP contribution in [0.25, 0.3) is 0 Å². The highest BCUT2D eigenvalue weighted by atomic mass is 32.2. The molecular formula is C8H16S. The summed E-state index contributed by atoms with van der Waals surface area (Å²) in [6, 6.07) is 0. The predicted octanol–water partition coefficient (Wildman–Crippen LogP) is 2.93. The first-order valence-corrected chi connectivity index (χ1v) is 4.75. The van der Waals surface area contributed by atoms with Gasteiger partial charge in [0, 0.05) is 4.75 Å². The Hall–Kier alpha value is 0.350. The standard InChI is InChI=1S/C8H16S/c1-7-5-4-6-9-8(7,2)3/h7H,4-6H2,1-3H3. The van der Waals surface area contributed by atoms with E-state index in [1.165, 1.54) is 18.6 Å². The van der Waals surface area contributed by atoms with Crippen molar-refractivity contribution in [3.05, 3.63) is 0 Å². The van der Waals surface area contributed by atoms with Crippen molar-refractivity contribution >= 4 is 11.8 Å². The summed E-state index contributed by atoms with van der Waals surface area (Å²) in [7, 11) is 0. The van der Waals surface area contributed by atoms with Crippen LogP contribution in [0, 0.1) is 5.92 Å². The third kappa shape index (κ3) is 1.64. The summed E-state index contributed by atoms with van der Waals surface area (Å²) in [4.78, 5) is 0. The van der Waals surface area contributed by atoms with Crippen molar-refractivity contribution in [1.82, 2.24) is 0 Å². The quantitative estimate of drug-likeness (QED) is 0.503.